The van der Waals surface area contributed by atoms with Crippen molar-refractivity contribution in [2.75, 3.05) is 0 Å². The van der Waals surface area contributed by atoms with Crippen LogP contribution in [0.5, 0.6) is 0 Å². The third-order valence-corrected chi connectivity index (χ3v) is 1.95. The van der Waals surface area contributed by atoms with E-state index in [1.54, 1.807) is 10.7 Å². The Morgan fingerprint density at radius 1 is 1.29 bits per heavy atom. The maximum atomic E-state index is 12.6. The van der Waals surface area contributed by atoms with E-state index in [0.717, 1.165) is 12.2 Å². The maximum Gasteiger partial charge on any atom is 0.141 e. The van der Waals surface area contributed by atoms with E-state index in [1.807, 2.05) is 19.2 Å². The average molecular weight is 191 g/mol. The molecule has 0 aromatic carbocycles. The number of hydrogen-bond donors (Lipinski definition) is 0. The van der Waals surface area contributed by atoms with Crippen LogP contribution in [0.2, 0.25) is 0 Å². The number of rotatable bonds is 2. The molecule has 0 radical (unpaired) electrons. The predicted molar refractivity (Wildman–Crippen MR) is 51.1 cm³/mol. The maximum absolute atomic E-state index is 12.6. The van der Waals surface area contributed by atoms with Crippen molar-refractivity contribution in [1.29, 1.82) is 0 Å². The first-order valence-corrected chi connectivity index (χ1v) is 4.45. The van der Waals surface area contributed by atoms with Crippen molar-refractivity contribution in [3.63, 3.8) is 0 Å². The van der Waals surface area contributed by atoms with Crippen molar-refractivity contribution in [2.45, 2.75) is 13.5 Å². The lowest BCUT2D eigenvalue weighted by atomic mass is 10.3. The zero-order valence-corrected chi connectivity index (χ0v) is 7.81. The van der Waals surface area contributed by atoms with Gasteiger partial charge in [0, 0.05) is 12.7 Å². The third-order valence-electron chi connectivity index (χ3n) is 1.95. The molecule has 2 aromatic heterocycles. The molecule has 0 unspecified atom stereocenters. The molecule has 0 N–H and O–H groups in total. The molecule has 0 atom stereocenters. The second-order valence-corrected chi connectivity index (χ2v) is 2.92. The molecule has 0 saturated carbocycles. The monoisotopic (exact) mass is 191 g/mol. The minimum Gasteiger partial charge on any atom is -0.272 e. The fourth-order valence-corrected chi connectivity index (χ4v) is 1.20. The van der Waals surface area contributed by atoms with Gasteiger partial charge in [-0.2, -0.15) is 5.10 Å². The molecule has 0 amide bonds. The molecule has 0 spiro atoms. The molecule has 2 heterocycles. The van der Waals surface area contributed by atoms with Crippen molar-refractivity contribution in [2.24, 2.45) is 0 Å². The van der Waals surface area contributed by atoms with Crippen molar-refractivity contribution >= 4 is 0 Å². The molecular weight excluding hydrogens is 181 g/mol. The predicted octanol–water partition coefficient (Wildman–Crippen LogP) is 2.10. The summed E-state index contributed by atoms with van der Waals surface area (Å²) in [5.74, 6) is -0.330. The van der Waals surface area contributed by atoms with Crippen molar-refractivity contribution < 1.29 is 4.39 Å². The number of aryl methyl sites for hydroxylation is 1. The van der Waals surface area contributed by atoms with Crippen LogP contribution in [-0.4, -0.2) is 14.8 Å². The van der Waals surface area contributed by atoms with Gasteiger partial charge in [-0.1, -0.05) is 0 Å². The Morgan fingerprint density at radius 3 is 2.71 bits per heavy atom. The summed E-state index contributed by atoms with van der Waals surface area (Å²) in [6, 6.07) is 4.87. The summed E-state index contributed by atoms with van der Waals surface area (Å²) >= 11 is 0. The van der Waals surface area contributed by atoms with Crippen molar-refractivity contribution in [1.82, 2.24) is 14.8 Å². The minimum absolute atomic E-state index is 0.330. The quantitative estimate of drug-likeness (QED) is 0.727. The van der Waals surface area contributed by atoms with E-state index < -0.39 is 0 Å². The van der Waals surface area contributed by atoms with Gasteiger partial charge in [0.25, 0.3) is 0 Å². The molecule has 2 aromatic rings. The summed E-state index contributed by atoms with van der Waals surface area (Å²) < 4.78 is 14.4. The van der Waals surface area contributed by atoms with E-state index in [4.69, 9.17) is 0 Å². The fourth-order valence-electron chi connectivity index (χ4n) is 1.20. The second kappa shape index (κ2) is 3.57. The largest absolute Gasteiger partial charge is 0.272 e. The number of pyridine rings is 1. The summed E-state index contributed by atoms with van der Waals surface area (Å²) in [5, 5.41) is 4.26. The second-order valence-electron chi connectivity index (χ2n) is 2.92. The van der Waals surface area contributed by atoms with Gasteiger partial charge < -0.3 is 0 Å². The molecule has 0 aliphatic rings. The van der Waals surface area contributed by atoms with E-state index in [2.05, 4.69) is 10.1 Å². The zero-order chi connectivity index (χ0) is 9.97. The highest BCUT2D eigenvalue weighted by Crippen LogP contribution is 2.13. The first kappa shape index (κ1) is 8.87. The highest BCUT2D eigenvalue weighted by Gasteiger charge is 2.02. The van der Waals surface area contributed by atoms with E-state index in [0.29, 0.717) is 5.69 Å². The molecule has 4 heteroatoms. The van der Waals surface area contributed by atoms with Crippen LogP contribution in [0.3, 0.4) is 0 Å². The molecule has 0 saturated heterocycles. The lowest BCUT2D eigenvalue weighted by molar-refractivity contribution is 0.621. The summed E-state index contributed by atoms with van der Waals surface area (Å²) in [7, 11) is 0. The Labute approximate surface area is 81.2 Å². The first-order valence-electron chi connectivity index (χ1n) is 4.45. The Balaban J connectivity index is 2.34. The van der Waals surface area contributed by atoms with E-state index in [-0.39, 0.29) is 5.82 Å². The Bertz CT molecular complexity index is 419. The van der Waals surface area contributed by atoms with Crippen LogP contribution >= 0.6 is 0 Å². The van der Waals surface area contributed by atoms with Crippen LogP contribution in [0, 0.1) is 5.82 Å². The smallest absolute Gasteiger partial charge is 0.141 e. The lowest BCUT2D eigenvalue weighted by Gasteiger charge is -1.95. The minimum atomic E-state index is -0.330. The number of hydrogen-bond acceptors (Lipinski definition) is 2. The van der Waals surface area contributed by atoms with E-state index >= 15 is 0 Å². The molecule has 14 heavy (non-hydrogen) atoms. The molecule has 0 fully saturated rings. The van der Waals surface area contributed by atoms with Crippen LogP contribution in [0.1, 0.15) is 6.92 Å². The van der Waals surface area contributed by atoms with Gasteiger partial charge in [-0.05, 0) is 25.1 Å². The normalized spacial score (nSPS) is 10.4. The van der Waals surface area contributed by atoms with Gasteiger partial charge in [0.05, 0.1) is 11.9 Å². The standard InChI is InChI=1S/C10H10FN3/c1-2-14-6-5-10(13-14)9-4-3-8(11)7-12-9/h3-7H,2H2,1H3. The summed E-state index contributed by atoms with van der Waals surface area (Å²) in [6.45, 7) is 2.83. The average Bonchev–Trinajstić information content (AvgIpc) is 2.67. The molecule has 72 valence electrons. The summed E-state index contributed by atoms with van der Waals surface area (Å²) in [4.78, 5) is 3.95. The first-order chi connectivity index (χ1) is 6.79. The molecule has 0 aliphatic carbocycles. The van der Waals surface area contributed by atoms with Crippen molar-refractivity contribution in [3.05, 3.63) is 36.4 Å². The molecular formula is C10H10FN3. The van der Waals surface area contributed by atoms with Gasteiger partial charge in [0.15, 0.2) is 0 Å². The molecule has 0 aliphatic heterocycles. The highest BCUT2D eigenvalue weighted by molar-refractivity contribution is 5.52. The SMILES string of the molecule is CCn1ccc(-c2ccc(F)cn2)n1. The molecule has 0 bridgehead atoms. The zero-order valence-electron chi connectivity index (χ0n) is 7.81. The summed E-state index contributed by atoms with van der Waals surface area (Å²) in [6.07, 6.45) is 3.07. The Morgan fingerprint density at radius 2 is 2.14 bits per heavy atom. The van der Waals surface area contributed by atoms with Gasteiger partial charge >= 0.3 is 0 Å². The van der Waals surface area contributed by atoms with Gasteiger partial charge in [0.1, 0.15) is 11.5 Å². The number of nitrogens with zero attached hydrogens (tertiary/aromatic N) is 3. The Kier molecular flexibility index (Phi) is 2.26. The Hall–Kier alpha value is -1.71. The van der Waals surface area contributed by atoms with Crippen LogP contribution < -0.4 is 0 Å². The third kappa shape index (κ3) is 1.64. The van der Waals surface area contributed by atoms with Crippen LogP contribution in [-0.2, 0) is 6.54 Å². The van der Waals surface area contributed by atoms with Crippen LogP contribution in [0.25, 0.3) is 11.4 Å². The van der Waals surface area contributed by atoms with E-state index in [1.165, 1.54) is 12.3 Å². The number of halogens is 1. The van der Waals surface area contributed by atoms with Gasteiger partial charge in [-0.15, -0.1) is 0 Å². The van der Waals surface area contributed by atoms with Crippen LogP contribution in [0.4, 0.5) is 4.39 Å². The molecule has 3 nitrogen and oxygen atoms in total. The van der Waals surface area contributed by atoms with Crippen LogP contribution in [0.15, 0.2) is 30.6 Å². The van der Waals surface area contributed by atoms with Crippen molar-refractivity contribution in [3.8, 4) is 11.4 Å². The highest BCUT2D eigenvalue weighted by atomic mass is 19.1. The van der Waals surface area contributed by atoms with Gasteiger partial charge in [0.2, 0.25) is 0 Å². The van der Waals surface area contributed by atoms with E-state index in [9.17, 15) is 4.39 Å². The van der Waals surface area contributed by atoms with Gasteiger partial charge in [-0.3, -0.25) is 9.67 Å². The lowest BCUT2D eigenvalue weighted by Crippen LogP contribution is -1.94. The van der Waals surface area contributed by atoms with Gasteiger partial charge in [-0.25, -0.2) is 4.39 Å². The molecule has 2 rings (SSSR count). The topological polar surface area (TPSA) is 30.7 Å². The fraction of sp³-hybridized carbons (Fsp3) is 0.200. The number of aromatic nitrogens is 3. The summed E-state index contributed by atoms with van der Waals surface area (Å²) in [5.41, 5.74) is 1.46.